The summed E-state index contributed by atoms with van der Waals surface area (Å²) in [6, 6.07) is 27.3. The van der Waals surface area contributed by atoms with Crippen molar-refractivity contribution in [3.8, 4) is 22.3 Å². The molecule has 0 unspecified atom stereocenters. The number of ether oxygens (including phenoxy) is 1. The van der Waals surface area contributed by atoms with Gasteiger partial charge in [0.25, 0.3) is 0 Å². The van der Waals surface area contributed by atoms with Gasteiger partial charge in [-0.3, -0.25) is 0 Å². The molecule has 0 bridgehead atoms. The molecule has 3 aromatic rings. The Morgan fingerprint density at radius 2 is 1.29 bits per heavy atom. The molecule has 0 aliphatic rings. The summed E-state index contributed by atoms with van der Waals surface area (Å²) in [7, 11) is 3.50. The molecule has 0 saturated carbocycles. The molecule has 1 radical (unpaired) electrons. The fourth-order valence-electron chi connectivity index (χ4n) is 2.51. The number of hydrogen-bond acceptors (Lipinski definition) is 1. The van der Waals surface area contributed by atoms with Crippen molar-refractivity contribution in [3.63, 3.8) is 0 Å². The van der Waals surface area contributed by atoms with Gasteiger partial charge in [0, 0.05) is 0 Å². The van der Waals surface area contributed by atoms with E-state index in [9.17, 15) is 0 Å². The first-order valence-corrected chi connectivity index (χ1v) is 6.99. The highest BCUT2D eigenvalue weighted by Crippen LogP contribution is 2.30. The Morgan fingerprint density at radius 3 is 1.90 bits per heavy atom. The second-order valence-corrected chi connectivity index (χ2v) is 4.95. The molecule has 103 valence electrons. The molecule has 0 saturated heterocycles. The lowest BCUT2D eigenvalue weighted by Gasteiger charge is -2.12. The predicted octanol–water partition coefficient (Wildman–Crippen LogP) is 5.33. The van der Waals surface area contributed by atoms with Crippen LogP contribution in [0.1, 0.15) is 5.56 Å². The van der Waals surface area contributed by atoms with Crippen LogP contribution in [-0.4, -0.2) is 0 Å². The summed E-state index contributed by atoms with van der Waals surface area (Å²) in [6.07, 6.45) is 0. The van der Waals surface area contributed by atoms with Gasteiger partial charge in [0.05, 0.1) is 13.7 Å². The van der Waals surface area contributed by atoms with Crippen LogP contribution in [-0.2, 0) is 11.3 Å². The number of rotatable bonds is 4. The summed E-state index contributed by atoms with van der Waals surface area (Å²) in [4.78, 5) is 0. The predicted molar refractivity (Wildman–Crippen MR) is 87.5 cm³/mol. The van der Waals surface area contributed by atoms with Crippen LogP contribution in [0.15, 0.2) is 78.9 Å². The Labute approximate surface area is 125 Å². The molecule has 0 N–H and O–H groups in total. The van der Waals surface area contributed by atoms with Crippen LogP contribution < -0.4 is 0 Å². The van der Waals surface area contributed by atoms with Crippen LogP contribution in [0.5, 0.6) is 0 Å². The molecule has 0 atom stereocenters. The topological polar surface area (TPSA) is 9.23 Å². The first-order chi connectivity index (χ1) is 10.4. The summed E-state index contributed by atoms with van der Waals surface area (Å²) in [5.74, 6) is 0. The summed E-state index contributed by atoms with van der Waals surface area (Å²) >= 11 is 0. The zero-order valence-electron chi connectivity index (χ0n) is 11.8. The van der Waals surface area contributed by atoms with E-state index < -0.39 is 0 Å². The van der Waals surface area contributed by atoms with E-state index in [0.717, 1.165) is 5.56 Å². The van der Waals surface area contributed by atoms with E-state index in [1.165, 1.54) is 22.3 Å². The van der Waals surface area contributed by atoms with Crippen molar-refractivity contribution in [1.29, 1.82) is 0 Å². The molecule has 0 aromatic heterocycles. The van der Waals surface area contributed by atoms with Gasteiger partial charge >= 0.3 is 0 Å². The minimum absolute atomic E-state index is 0.513. The van der Waals surface area contributed by atoms with E-state index in [-0.39, 0.29) is 0 Å². The fourth-order valence-corrected chi connectivity index (χ4v) is 2.51. The second-order valence-electron chi connectivity index (χ2n) is 4.95. The van der Waals surface area contributed by atoms with E-state index in [1.807, 2.05) is 12.1 Å². The number of hydrogen-bond donors (Lipinski definition) is 0. The van der Waals surface area contributed by atoms with Crippen molar-refractivity contribution >= 4 is 0 Å². The van der Waals surface area contributed by atoms with Crippen LogP contribution in [0.25, 0.3) is 22.3 Å². The van der Waals surface area contributed by atoms with E-state index in [4.69, 9.17) is 4.74 Å². The first kappa shape index (κ1) is 13.6. The van der Waals surface area contributed by atoms with Gasteiger partial charge in [-0.25, -0.2) is 0 Å². The molecular weight excluding hydrogens is 256 g/mol. The van der Waals surface area contributed by atoms with Gasteiger partial charge in [-0.15, -0.1) is 0 Å². The van der Waals surface area contributed by atoms with Crippen LogP contribution in [0.3, 0.4) is 0 Å². The van der Waals surface area contributed by atoms with Crippen molar-refractivity contribution < 1.29 is 4.74 Å². The maximum Gasteiger partial charge on any atom is 0.0724 e. The molecule has 1 heteroatoms. The van der Waals surface area contributed by atoms with Crippen molar-refractivity contribution in [1.82, 2.24) is 0 Å². The molecule has 0 heterocycles. The summed E-state index contributed by atoms with van der Waals surface area (Å²) < 4.78 is 5.09. The van der Waals surface area contributed by atoms with Crippen molar-refractivity contribution in [2.24, 2.45) is 0 Å². The lowest BCUT2D eigenvalue weighted by molar-refractivity contribution is 0.229. The normalized spacial score (nSPS) is 10.5. The third-order valence-corrected chi connectivity index (χ3v) is 3.56. The quantitative estimate of drug-likeness (QED) is 0.624. The molecule has 1 nitrogen and oxygen atoms in total. The van der Waals surface area contributed by atoms with Crippen molar-refractivity contribution in [2.75, 3.05) is 0 Å². The minimum Gasteiger partial charge on any atom is -0.374 e. The van der Waals surface area contributed by atoms with E-state index >= 15 is 0 Å². The molecule has 0 aliphatic carbocycles. The van der Waals surface area contributed by atoms with Gasteiger partial charge in [-0.05, 0) is 33.9 Å². The Bertz CT molecular complexity index is 702. The first-order valence-electron chi connectivity index (χ1n) is 6.99. The third kappa shape index (κ3) is 3.04. The fraction of sp³-hybridized carbons (Fsp3) is 0.0500. The second kappa shape index (κ2) is 6.38. The summed E-state index contributed by atoms with van der Waals surface area (Å²) in [6.45, 7) is 0.513. The molecule has 0 amide bonds. The minimum atomic E-state index is 0.513. The van der Waals surface area contributed by atoms with Crippen LogP contribution in [0.4, 0.5) is 0 Å². The van der Waals surface area contributed by atoms with Gasteiger partial charge < -0.3 is 4.74 Å². The van der Waals surface area contributed by atoms with Gasteiger partial charge in [0.2, 0.25) is 0 Å². The van der Waals surface area contributed by atoms with E-state index in [1.54, 1.807) is 0 Å². The van der Waals surface area contributed by atoms with E-state index in [2.05, 4.69) is 73.8 Å². The maximum absolute atomic E-state index is 5.09. The highest BCUT2D eigenvalue weighted by molar-refractivity contribution is 5.75. The highest BCUT2D eigenvalue weighted by Gasteiger charge is 2.07. The average molecular weight is 273 g/mol. The van der Waals surface area contributed by atoms with Crippen molar-refractivity contribution in [2.45, 2.75) is 6.61 Å². The lowest BCUT2D eigenvalue weighted by Crippen LogP contribution is -1.92. The standard InChI is InChI=1S/C20H17O/c1-21-15-19-13-12-18(16-8-4-2-5-9-16)14-20(19)17-10-6-3-7-11-17/h2-14H,1,15H2. The summed E-state index contributed by atoms with van der Waals surface area (Å²) in [5.41, 5.74) is 5.97. The molecular formula is C20H17O. The number of benzene rings is 3. The Kier molecular flexibility index (Phi) is 4.13. The van der Waals surface area contributed by atoms with Gasteiger partial charge in [0.1, 0.15) is 0 Å². The van der Waals surface area contributed by atoms with Crippen LogP contribution in [0, 0.1) is 7.11 Å². The SMILES string of the molecule is [CH2]OCc1ccc(-c2ccccc2)cc1-c1ccccc1. The van der Waals surface area contributed by atoms with Crippen LogP contribution in [0.2, 0.25) is 0 Å². The largest absolute Gasteiger partial charge is 0.374 e. The Balaban J connectivity index is 2.11. The van der Waals surface area contributed by atoms with Gasteiger partial charge in [0.15, 0.2) is 0 Å². The average Bonchev–Trinajstić information content (AvgIpc) is 2.57. The lowest BCUT2D eigenvalue weighted by atomic mass is 9.95. The maximum atomic E-state index is 5.09. The third-order valence-electron chi connectivity index (χ3n) is 3.56. The highest BCUT2D eigenvalue weighted by atomic mass is 16.5. The van der Waals surface area contributed by atoms with Crippen LogP contribution >= 0.6 is 0 Å². The van der Waals surface area contributed by atoms with Gasteiger partial charge in [-0.1, -0.05) is 72.8 Å². The monoisotopic (exact) mass is 273 g/mol. The zero-order valence-corrected chi connectivity index (χ0v) is 11.8. The molecule has 0 fully saturated rings. The molecule has 0 aliphatic heterocycles. The molecule has 3 aromatic carbocycles. The smallest absolute Gasteiger partial charge is 0.0724 e. The Morgan fingerprint density at radius 1 is 0.667 bits per heavy atom. The molecule has 3 rings (SSSR count). The van der Waals surface area contributed by atoms with Crippen molar-refractivity contribution in [3.05, 3.63) is 91.5 Å². The zero-order chi connectivity index (χ0) is 14.5. The summed E-state index contributed by atoms with van der Waals surface area (Å²) in [5, 5.41) is 0. The van der Waals surface area contributed by atoms with Gasteiger partial charge in [-0.2, -0.15) is 0 Å². The molecule has 21 heavy (non-hydrogen) atoms. The Hall–Kier alpha value is -2.38. The molecule has 0 spiro atoms. The van der Waals surface area contributed by atoms with E-state index in [0.29, 0.717) is 6.61 Å².